The highest BCUT2D eigenvalue weighted by atomic mass is 32.2. The van der Waals surface area contributed by atoms with E-state index in [0.29, 0.717) is 5.56 Å². The molecule has 1 saturated carbocycles. The summed E-state index contributed by atoms with van der Waals surface area (Å²) >= 11 is 1.68. The summed E-state index contributed by atoms with van der Waals surface area (Å²) < 4.78 is 7.01. The van der Waals surface area contributed by atoms with Crippen LogP contribution in [0.5, 0.6) is 0 Å². The lowest BCUT2D eigenvalue weighted by Gasteiger charge is -2.34. The van der Waals surface area contributed by atoms with Crippen molar-refractivity contribution in [3.8, 4) is 0 Å². The van der Waals surface area contributed by atoms with Gasteiger partial charge in [0.2, 0.25) is 5.95 Å². The van der Waals surface area contributed by atoms with E-state index in [1.54, 1.807) is 18.0 Å². The Morgan fingerprint density at radius 1 is 1.26 bits per heavy atom. The zero-order valence-electron chi connectivity index (χ0n) is 16.3. The summed E-state index contributed by atoms with van der Waals surface area (Å²) in [7, 11) is 0. The van der Waals surface area contributed by atoms with Crippen LogP contribution in [0.15, 0.2) is 11.0 Å². The first-order valence-electron chi connectivity index (χ1n) is 10.0. The molecule has 2 aromatic rings. The Balaban J connectivity index is 1.49. The quantitative estimate of drug-likeness (QED) is 0.226. The Labute approximate surface area is 180 Å². The second-order valence-electron chi connectivity index (χ2n) is 8.29. The van der Waals surface area contributed by atoms with E-state index in [-0.39, 0.29) is 40.7 Å². The standard InChI is InChI=1S/C18H25N5O7S/c19-18-21-15-8(16(29)22-18)5(1-20-9-12(27)10(25)6-4-31-14(6)9)2-23(15)17-13(28)11(26)7(3-24)30-17/h2,6-7,9-14,17,20,24-28H,1,3-4H2,(H3,19,21,22,29)/t6-,7?,9+,10-,11?,12+,13?,14-,17?/m0/s1. The van der Waals surface area contributed by atoms with Crippen molar-refractivity contribution in [2.45, 2.75) is 54.6 Å². The number of aromatic nitrogens is 3. The van der Waals surface area contributed by atoms with Crippen molar-refractivity contribution < 1.29 is 30.3 Å². The largest absolute Gasteiger partial charge is 0.394 e. The fourth-order valence-corrected chi connectivity index (χ4v) is 6.25. The van der Waals surface area contributed by atoms with Crippen LogP contribution in [-0.2, 0) is 11.3 Å². The lowest BCUT2D eigenvalue weighted by Crippen LogP contribution is -2.45. The number of hydrogen-bond donors (Lipinski definition) is 8. The Kier molecular flexibility index (Phi) is 5.26. The lowest BCUT2D eigenvalue weighted by molar-refractivity contribution is -0.0509. The van der Waals surface area contributed by atoms with E-state index in [4.69, 9.17) is 10.5 Å². The molecule has 3 fully saturated rings. The SMILES string of the molecule is Nc1nc2c(c(CN[C@@H]3[C@@H](O)[C@@H](O)[C@@H]4CS[C@@H]43)cn2C2OC(CO)C(O)C2O)c(=O)[nH]1. The topological polar surface area (TPSA) is 199 Å². The molecule has 5 rings (SSSR count). The molecule has 0 aromatic carbocycles. The van der Waals surface area contributed by atoms with Crippen LogP contribution in [0.3, 0.4) is 0 Å². The van der Waals surface area contributed by atoms with Crippen LogP contribution in [0.2, 0.25) is 0 Å². The van der Waals surface area contributed by atoms with Gasteiger partial charge < -0.3 is 45.9 Å². The van der Waals surface area contributed by atoms with E-state index in [0.717, 1.165) is 5.75 Å². The van der Waals surface area contributed by atoms with E-state index in [9.17, 15) is 30.3 Å². The van der Waals surface area contributed by atoms with Gasteiger partial charge in [0.1, 0.15) is 18.3 Å². The number of thioether (sulfide) groups is 1. The van der Waals surface area contributed by atoms with Crippen molar-refractivity contribution >= 4 is 28.7 Å². The van der Waals surface area contributed by atoms with Crippen molar-refractivity contribution in [2.24, 2.45) is 5.92 Å². The number of aromatic amines is 1. The van der Waals surface area contributed by atoms with Gasteiger partial charge in [0, 0.05) is 35.7 Å². The van der Waals surface area contributed by atoms with Crippen molar-refractivity contribution in [1.29, 1.82) is 0 Å². The maximum atomic E-state index is 12.7. The molecule has 4 unspecified atom stereocenters. The van der Waals surface area contributed by atoms with Gasteiger partial charge in [-0.15, -0.1) is 0 Å². The Morgan fingerprint density at radius 3 is 2.65 bits per heavy atom. The number of nitrogens with one attached hydrogen (secondary N) is 2. The third kappa shape index (κ3) is 3.19. The van der Waals surface area contributed by atoms with Gasteiger partial charge in [-0.25, -0.2) is 0 Å². The van der Waals surface area contributed by atoms with Gasteiger partial charge in [0.15, 0.2) is 11.9 Å². The van der Waals surface area contributed by atoms with Gasteiger partial charge in [-0.05, 0) is 5.56 Å². The first-order chi connectivity index (χ1) is 14.8. The van der Waals surface area contributed by atoms with Crippen LogP contribution in [0.4, 0.5) is 5.95 Å². The zero-order valence-corrected chi connectivity index (χ0v) is 17.1. The Morgan fingerprint density at radius 2 is 2.03 bits per heavy atom. The number of rotatable bonds is 5. The summed E-state index contributed by atoms with van der Waals surface area (Å²) in [6.45, 7) is -0.300. The molecule has 1 aliphatic carbocycles. The van der Waals surface area contributed by atoms with Crippen LogP contribution in [0.25, 0.3) is 11.0 Å². The number of aliphatic hydroxyl groups excluding tert-OH is 5. The summed E-state index contributed by atoms with van der Waals surface area (Å²) in [4.78, 5) is 19.3. The molecule has 9 N–H and O–H groups in total. The van der Waals surface area contributed by atoms with E-state index < -0.39 is 48.9 Å². The molecule has 2 aliphatic heterocycles. The maximum Gasteiger partial charge on any atom is 0.262 e. The highest BCUT2D eigenvalue weighted by molar-refractivity contribution is 8.01. The van der Waals surface area contributed by atoms with E-state index >= 15 is 0 Å². The number of H-pyrrole nitrogens is 1. The van der Waals surface area contributed by atoms with Crippen LogP contribution in [0, 0.1) is 5.92 Å². The Hall–Kier alpha value is -1.71. The molecular weight excluding hydrogens is 430 g/mol. The van der Waals surface area contributed by atoms with Gasteiger partial charge in [-0.3, -0.25) is 9.78 Å². The number of nitrogen functional groups attached to an aromatic ring is 1. The van der Waals surface area contributed by atoms with Crippen LogP contribution in [-0.4, -0.2) is 94.2 Å². The predicted octanol–water partition coefficient (Wildman–Crippen LogP) is -3.16. The van der Waals surface area contributed by atoms with E-state index in [1.165, 1.54) is 4.57 Å². The third-order valence-corrected chi connectivity index (χ3v) is 8.12. The number of hydrogen-bond acceptors (Lipinski definition) is 11. The average molecular weight is 455 g/mol. The summed E-state index contributed by atoms with van der Waals surface area (Å²) in [6.07, 6.45) is -4.85. The minimum atomic E-state index is -1.35. The van der Waals surface area contributed by atoms with E-state index in [1.807, 2.05) is 0 Å². The molecule has 0 radical (unpaired) electrons. The normalized spacial score (nSPS) is 39.7. The molecule has 0 amide bonds. The summed E-state index contributed by atoms with van der Waals surface area (Å²) in [5.41, 5.74) is 5.92. The zero-order chi connectivity index (χ0) is 22.0. The van der Waals surface area contributed by atoms with Crippen LogP contribution < -0.4 is 16.6 Å². The molecule has 2 saturated heterocycles. The first kappa shape index (κ1) is 21.2. The number of anilines is 1. The highest BCUT2D eigenvalue weighted by Crippen LogP contribution is 2.46. The number of nitrogens with two attached hydrogens (primary N) is 1. The predicted molar refractivity (Wildman–Crippen MR) is 110 cm³/mol. The first-order valence-corrected chi connectivity index (χ1v) is 11.1. The van der Waals surface area contributed by atoms with Crippen molar-refractivity contribution in [3.05, 3.63) is 22.1 Å². The molecule has 13 heteroatoms. The smallest absolute Gasteiger partial charge is 0.262 e. The molecule has 4 heterocycles. The van der Waals surface area contributed by atoms with E-state index in [2.05, 4.69) is 15.3 Å². The third-order valence-electron chi connectivity index (χ3n) is 6.51. The monoisotopic (exact) mass is 455 g/mol. The van der Waals surface area contributed by atoms with Gasteiger partial charge in [-0.2, -0.15) is 16.7 Å². The van der Waals surface area contributed by atoms with Crippen LogP contribution in [0.1, 0.15) is 11.8 Å². The highest BCUT2D eigenvalue weighted by Gasteiger charge is 2.54. The molecule has 2 aromatic heterocycles. The molecule has 31 heavy (non-hydrogen) atoms. The summed E-state index contributed by atoms with van der Waals surface area (Å²) in [5, 5.41) is 54.0. The minimum Gasteiger partial charge on any atom is -0.394 e. The number of fused-ring (bicyclic) bond motifs is 2. The fourth-order valence-electron chi connectivity index (χ4n) is 4.79. The molecular formula is C18H25N5O7S. The fraction of sp³-hybridized carbons (Fsp3) is 0.667. The Bertz CT molecular complexity index is 1040. The maximum absolute atomic E-state index is 12.7. The molecule has 9 atom stereocenters. The molecule has 0 bridgehead atoms. The summed E-state index contributed by atoms with van der Waals surface area (Å²) in [5.74, 6) is 0.725. The second kappa shape index (κ2) is 7.71. The van der Waals surface area contributed by atoms with Gasteiger partial charge in [-0.1, -0.05) is 0 Å². The van der Waals surface area contributed by atoms with Crippen molar-refractivity contribution in [1.82, 2.24) is 19.9 Å². The van der Waals surface area contributed by atoms with Gasteiger partial charge in [0.25, 0.3) is 5.56 Å². The number of nitrogens with zero attached hydrogens (tertiary/aromatic N) is 2. The second-order valence-corrected chi connectivity index (χ2v) is 9.50. The molecule has 0 spiro atoms. The van der Waals surface area contributed by atoms with Gasteiger partial charge >= 0.3 is 0 Å². The van der Waals surface area contributed by atoms with Crippen molar-refractivity contribution in [3.63, 3.8) is 0 Å². The average Bonchev–Trinajstić information content (AvgIpc) is 3.25. The molecule has 12 nitrogen and oxygen atoms in total. The summed E-state index contributed by atoms with van der Waals surface area (Å²) in [6, 6.07) is -0.341. The minimum absolute atomic E-state index is 0.0441. The number of ether oxygens (including phenoxy) is 1. The molecule has 3 aliphatic rings. The van der Waals surface area contributed by atoms with Crippen molar-refractivity contribution in [2.75, 3.05) is 18.1 Å². The van der Waals surface area contributed by atoms with Gasteiger partial charge in [0.05, 0.1) is 24.2 Å². The van der Waals surface area contributed by atoms with Crippen LogP contribution >= 0.6 is 11.8 Å². The molecule has 170 valence electrons. The number of aliphatic hydroxyl groups is 5. The lowest BCUT2D eigenvalue weighted by atomic mass is 10.1.